The van der Waals surface area contributed by atoms with Gasteiger partial charge in [-0.05, 0) is 85.3 Å². The second-order valence-electron chi connectivity index (χ2n) is 10.6. The second-order valence-corrected chi connectivity index (χ2v) is 10.6. The summed E-state index contributed by atoms with van der Waals surface area (Å²) >= 11 is 0. The van der Waals surface area contributed by atoms with Crippen molar-refractivity contribution < 1.29 is 9.59 Å². The largest absolute Gasteiger partial charge is 0.339 e. The molecule has 170 valence electrons. The molecule has 4 bridgehead atoms. The summed E-state index contributed by atoms with van der Waals surface area (Å²) in [7, 11) is 0. The lowest BCUT2D eigenvalue weighted by Crippen LogP contribution is -2.52. The van der Waals surface area contributed by atoms with E-state index in [0.29, 0.717) is 5.69 Å². The van der Waals surface area contributed by atoms with Crippen LogP contribution < -0.4 is 16.6 Å². The third-order valence-electron chi connectivity index (χ3n) is 8.48. The van der Waals surface area contributed by atoms with Crippen LogP contribution >= 0.6 is 0 Å². The minimum atomic E-state index is -0.686. The number of nitrogens with one attached hydrogen (secondary N) is 2. The van der Waals surface area contributed by atoms with Crippen molar-refractivity contribution in [3.8, 4) is 0 Å². The summed E-state index contributed by atoms with van der Waals surface area (Å²) in [4.78, 5) is 30.4. The lowest BCUT2D eigenvalue weighted by atomic mass is 9.48. The maximum absolute atomic E-state index is 13.3. The quantitative estimate of drug-likeness (QED) is 0.366. The van der Waals surface area contributed by atoms with Crippen molar-refractivity contribution in [2.24, 2.45) is 29.5 Å². The molecule has 4 N–H and O–H groups in total. The average Bonchev–Trinajstić information content (AvgIpc) is 2.79. The Hall–Kier alpha value is -2.47. The fraction of sp³-hybridized carbons (Fsp3) is 0.577. The summed E-state index contributed by atoms with van der Waals surface area (Å²) in [5.74, 6) is 7.10. The van der Waals surface area contributed by atoms with E-state index >= 15 is 0 Å². The zero-order valence-corrected chi connectivity index (χ0v) is 19.1. The second kappa shape index (κ2) is 8.14. The van der Waals surface area contributed by atoms with E-state index < -0.39 is 6.04 Å². The summed E-state index contributed by atoms with van der Waals surface area (Å²) in [5, 5.41) is 4.08. The van der Waals surface area contributed by atoms with Gasteiger partial charge in [-0.1, -0.05) is 38.5 Å². The highest BCUT2D eigenvalue weighted by Crippen LogP contribution is 2.61. The number of aromatic nitrogens is 1. The molecule has 4 fully saturated rings. The van der Waals surface area contributed by atoms with Gasteiger partial charge in [-0.25, -0.2) is 10.8 Å². The number of fused-ring (bicyclic) bond motifs is 1. The Bertz CT molecular complexity index is 1010. The Morgan fingerprint density at radius 3 is 2.34 bits per heavy atom. The SMILES string of the molecule is CC[C@H](C)C(NC(=O)c1cc(C23CC4CC(CC(C4)C2)C3)c2ccccc2n1)C(=O)NN. The predicted molar refractivity (Wildman–Crippen MR) is 125 cm³/mol. The molecule has 1 unspecified atom stereocenters. The van der Waals surface area contributed by atoms with Crippen molar-refractivity contribution in [1.29, 1.82) is 0 Å². The first-order chi connectivity index (χ1) is 15.4. The lowest BCUT2D eigenvalue weighted by Gasteiger charge is -2.57. The topological polar surface area (TPSA) is 97.1 Å². The van der Waals surface area contributed by atoms with Crippen molar-refractivity contribution in [1.82, 2.24) is 15.7 Å². The first-order valence-electron chi connectivity index (χ1n) is 12.1. The van der Waals surface area contributed by atoms with Gasteiger partial charge in [-0.15, -0.1) is 0 Å². The normalized spacial score (nSPS) is 30.2. The molecule has 0 radical (unpaired) electrons. The van der Waals surface area contributed by atoms with Gasteiger partial charge < -0.3 is 5.32 Å². The molecule has 6 heteroatoms. The van der Waals surface area contributed by atoms with Gasteiger partial charge in [0.25, 0.3) is 11.8 Å². The number of nitrogens with two attached hydrogens (primary N) is 1. The molecule has 32 heavy (non-hydrogen) atoms. The molecule has 0 spiro atoms. The van der Waals surface area contributed by atoms with E-state index in [1.807, 2.05) is 32.0 Å². The van der Waals surface area contributed by atoms with Gasteiger partial charge in [-0.2, -0.15) is 0 Å². The number of pyridine rings is 1. The highest BCUT2D eigenvalue weighted by atomic mass is 16.2. The van der Waals surface area contributed by atoms with Crippen LogP contribution in [0.4, 0.5) is 0 Å². The van der Waals surface area contributed by atoms with Crippen LogP contribution in [0.2, 0.25) is 0 Å². The minimum absolute atomic E-state index is 0.0365. The fourth-order valence-electron chi connectivity index (χ4n) is 7.18. The number of amides is 2. The molecule has 2 aromatic rings. The van der Waals surface area contributed by atoms with E-state index in [4.69, 9.17) is 10.8 Å². The minimum Gasteiger partial charge on any atom is -0.339 e. The van der Waals surface area contributed by atoms with Crippen LogP contribution in [0, 0.1) is 23.7 Å². The molecule has 4 saturated carbocycles. The fourth-order valence-corrected chi connectivity index (χ4v) is 7.18. The average molecular weight is 435 g/mol. The van der Waals surface area contributed by atoms with Gasteiger partial charge in [-0.3, -0.25) is 15.0 Å². The molecule has 1 aromatic carbocycles. The van der Waals surface area contributed by atoms with E-state index in [1.54, 1.807) is 0 Å². The lowest BCUT2D eigenvalue weighted by molar-refractivity contribution is -0.124. The number of hydrazine groups is 1. The van der Waals surface area contributed by atoms with Crippen LogP contribution in [-0.2, 0) is 10.2 Å². The number of benzene rings is 1. The van der Waals surface area contributed by atoms with Crippen molar-refractivity contribution in [2.75, 3.05) is 0 Å². The van der Waals surface area contributed by atoms with Crippen molar-refractivity contribution in [2.45, 2.75) is 70.3 Å². The molecule has 6 nitrogen and oxygen atoms in total. The van der Waals surface area contributed by atoms with Gasteiger partial charge >= 0.3 is 0 Å². The number of nitrogens with zero attached hydrogens (tertiary/aromatic N) is 1. The Balaban J connectivity index is 1.54. The Morgan fingerprint density at radius 2 is 1.75 bits per heavy atom. The molecule has 2 amide bonds. The number of rotatable bonds is 6. The van der Waals surface area contributed by atoms with Gasteiger partial charge in [0.05, 0.1) is 5.52 Å². The van der Waals surface area contributed by atoms with Crippen LogP contribution in [0.1, 0.15) is 74.8 Å². The number of carbonyl (C=O) groups excluding carboxylic acids is 2. The van der Waals surface area contributed by atoms with Crippen LogP contribution in [-0.4, -0.2) is 22.8 Å². The Labute approximate surface area is 189 Å². The summed E-state index contributed by atoms with van der Waals surface area (Å²) in [6.45, 7) is 3.93. The van der Waals surface area contributed by atoms with E-state index in [2.05, 4.69) is 22.9 Å². The molecule has 4 aliphatic rings. The molecular weight excluding hydrogens is 400 g/mol. The van der Waals surface area contributed by atoms with E-state index in [1.165, 1.54) is 49.5 Å². The van der Waals surface area contributed by atoms with Gasteiger partial charge in [0.15, 0.2) is 0 Å². The number of hydrogen-bond donors (Lipinski definition) is 3. The molecule has 0 aliphatic heterocycles. The first kappa shape index (κ1) is 21.4. The van der Waals surface area contributed by atoms with Crippen LogP contribution in [0.15, 0.2) is 30.3 Å². The molecule has 0 saturated heterocycles. The van der Waals surface area contributed by atoms with Gasteiger partial charge in [0.1, 0.15) is 11.7 Å². The third kappa shape index (κ3) is 3.58. The first-order valence-corrected chi connectivity index (χ1v) is 12.1. The Morgan fingerprint density at radius 1 is 1.12 bits per heavy atom. The summed E-state index contributed by atoms with van der Waals surface area (Å²) in [6.07, 6.45) is 8.54. The number of hydrogen-bond acceptors (Lipinski definition) is 4. The Kier molecular flexibility index (Phi) is 5.44. The summed E-state index contributed by atoms with van der Waals surface area (Å²) in [5.41, 5.74) is 4.88. The highest BCUT2D eigenvalue weighted by molar-refractivity contribution is 5.98. The van der Waals surface area contributed by atoms with Gasteiger partial charge in [0, 0.05) is 5.39 Å². The number of para-hydroxylation sites is 1. The molecule has 2 atom stereocenters. The third-order valence-corrected chi connectivity index (χ3v) is 8.48. The van der Waals surface area contributed by atoms with Crippen LogP contribution in [0.5, 0.6) is 0 Å². The van der Waals surface area contributed by atoms with Crippen LogP contribution in [0.25, 0.3) is 10.9 Å². The zero-order chi connectivity index (χ0) is 22.5. The monoisotopic (exact) mass is 434 g/mol. The van der Waals surface area contributed by atoms with E-state index in [9.17, 15) is 9.59 Å². The summed E-state index contributed by atoms with van der Waals surface area (Å²) in [6, 6.07) is 9.53. The molecule has 1 aromatic heterocycles. The van der Waals surface area contributed by atoms with E-state index in [-0.39, 0.29) is 23.1 Å². The van der Waals surface area contributed by atoms with E-state index in [0.717, 1.165) is 29.7 Å². The van der Waals surface area contributed by atoms with Gasteiger partial charge in [0.2, 0.25) is 0 Å². The predicted octanol–water partition coefficient (Wildman–Crippen LogP) is 3.84. The molecular formula is C26H34N4O2. The standard InChI is InChI=1S/C26H34N4O2/c1-3-15(2)23(25(32)30-27)29-24(31)22-11-20(19-6-4-5-7-21(19)28-22)26-12-16-8-17(13-26)10-18(9-16)14-26/h4-7,11,15-18,23H,3,8-10,12-14,27H2,1-2H3,(H,29,31)(H,30,32)/t15-,16?,17?,18?,23?,26?/m0/s1. The maximum Gasteiger partial charge on any atom is 0.270 e. The van der Waals surface area contributed by atoms with Crippen molar-refractivity contribution in [3.63, 3.8) is 0 Å². The van der Waals surface area contributed by atoms with Crippen LogP contribution in [0.3, 0.4) is 0 Å². The smallest absolute Gasteiger partial charge is 0.270 e. The molecule has 1 heterocycles. The maximum atomic E-state index is 13.3. The number of carbonyl (C=O) groups is 2. The zero-order valence-electron chi connectivity index (χ0n) is 19.1. The highest BCUT2D eigenvalue weighted by Gasteiger charge is 2.52. The van der Waals surface area contributed by atoms with Crippen molar-refractivity contribution in [3.05, 3.63) is 41.6 Å². The summed E-state index contributed by atoms with van der Waals surface area (Å²) < 4.78 is 0. The molecule has 4 aliphatic carbocycles. The molecule has 6 rings (SSSR count). The van der Waals surface area contributed by atoms with Crippen molar-refractivity contribution >= 4 is 22.7 Å².